The van der Waals surface area contributed by atoms with Crippen LogP contribution in [0.3, 0.4) is 0 Å². The maximum absolute atomic E-state index is 12.9. The molecule has 118 valence electrons. The van der Waals surface area contributed by atoms with Gasteiger partial charge in [0.05, 0.1) is 6.61 Å². The monoisotopic (exact) mass is 292 g/mol. The highest BCUT2D eigenvalue weighted by molar-refractivity contribution is 5.26. The van der Waals surface area contributed by atoms with Crippen molar-refractivity contribution < 1.29 is 4.74 Å². The lowest BCUT2D eigenvalue weighted by atomic mass is 9.94. The molecule has 0 spiro atoms. The molecule has 0 unspecified atom stereocenters. The number of nitrogens with zero attached hydrogens (tertiary/aromatic N) is 1. The molecule has 1 fully saturated rings. The third kappa shape index (κ3) is 3.95. The predicted molar refractivity (Wildman–Crippen MR) is 85.9 cm³/mol. The van der Waals surface area contributed by atoms with E-state index in [0.717, 1.165) is 36.2 Å². The molecule has 1 aromatic heterocycles. The third-order valence-electron chi connectivity index (χ3n) is 4.48. The van der Waals surface area contributed by atoms with Gasteiger partial charge in [0, 0.05) is 37.5 Å². The molecule has 1 aliphatic carbocycles. The molecule has 4 nitrogen and oxygen atoms in total. The van der Waals surface area contributed by atoms with Crippen LogP contribution in [-0.4, -0.2) is 24.8 Å². The van der Waals surface area contributed by atoms with Gasteiger partial charge < -0.3 is 14.6 Å². The number of aryl methyl sites for hydroxylation is 2. The molecule has 21 heavy (non-hydrogen) atoms. The SMILES string of the molecule is COCCNCc1c(C)cc(C)n(C2CCCCC2)c1=O. The van der Waals surface area contributed by atoms with Crippen molar-refractivity contribution >= 4 is 0 Å². The second-order valence-corrected chi connectivity index (χ2v) is 6.08. The van der Waals surface area contributed by atoms with E-state index >= 15 is 0 Å². The van der Waals surface area contributed by atoms with Gasteiger partial charge in [0.1, 0.15) is 0 Å². The molecule has 1 aliphatic rings. The van der Waals surface area contributed by atoms with Crippen molar-refractivity contribution in [3.8, 4) is 0 Å². The second kappa shape index (κ2) is 7.76. The molecule has 1 N–H and O–H groups in total. The maximum atomic E-state index is 12.9. The van der Waals surface area contributed by atoms with Gasteiger partial charge in [0.25, 0.3) is 5.56 Å². The molecule has 0 radical (unpaired) electrons. The van der Waals surface area contributed by atoms with Crippen molar-refractivity contribution in [1.82, 2.24) is 9.88 Å². The molecule has 0 atom stereocenters. The largest absolute Gasteiger partial charge is 0.383 e. The number of rotatable bonds is 6. The number of methoxy groups -OCH3 is 1. The first kappa shape index (κ1) is 16.2. The Morgan fingerprint density at radius 1 is 1.29 bits per heavy atom. The van der Waals surface area contributed by atoms with Crippen LogP contribution < -0.4 is 10.9 Å². The smallest absolute Gasteiger partial charge is 0.255 e. The summed E-state index contributed by atoms with van der Waals surface area (Å²) in [6.07, 6.45) is 6.07. The van der Waals surface area contributed by atoms with Crippen LogP contribution in [0.2, 0.25) is 0 Å². The van der Waals surface area contributed by atoms with Crippen LogP contribution in [0.15, 0.2) is 10.9 Å². The summed E-state index contributed by atoms with van der Waals surface area (Å²) in [6, 6.07) is 2.55. The molecule has 0 aliphatic heterocycles. The van der Waals surface area contributed by atoms with E-state index in [1.807, 2.05) is 11.5 Å². The van der Waals surface area contributed by atoms with Gasteiger partial charge in [-0.3, -0.25) is 4.79 Å². The van der Waals surface area contributed by atoms with Gasteiger partial charge >= 0.3 is 0 Å². The van der Waals surface area contributed by atoms with E-state index in [4.69, 9.17) is 4.74 Å². The summed E-state index contributed by atoms with van der Waals surface area (Å²) in [5.74, 6) is 0. The predicted octanol–water partition coefficient (Wildman–Crippen LogP) is 2.71. The molecule has 0 amide bonds. The van der Waals surface area contributed by atoms with Crippen molar-refractivity contribution in [3.63, 3.8) is 0 Å². The molecule has 0 saturated heterocycles. The summed E-state index contributed by atoms with van der Waals surface area (Å²) in [7, 11) is 1.69. The van der Waals surface area contributed by atoms with E-state index in [2.05, 4.69) is 18.3 Å². The van der Waals surface area contributed by atoms with Gasteiger partial charge in [0.2, 0.25) is 0 Å². The summed E-state index contributed by atoms with van der Waals surface area (Å²) in [5, 5.41) is 3.30. The Kier molecular flexibility index (Phi) is 6.00. The van der Waals surface area contributed by atoms with Gasteiger partial charge in [-0.1, -0.05) is 19.3 Å². The normalized spacial score (nSPS) is 16.3. The quantitative estimate of drug-likeness (QED) is 0.820. The zero-order valence-electron chi connectivity index (χ0n) is 13.6. The van der Waals surface area contributed by atoms with E-state index in [1.54, 1.807) is 7.11 Å². The van der Waals surface area contributed by atoms with Crippen molar-refractivity contribution in [2.75, 3.05) is 20.3 Å². The second-order valence-electron chi connectivity index (χ2n) is 6.08. The molecule has 2 rings (SSSR count). The lowest BCUT2D eigenvalue weighted by Crippen LogP contribution is -2.33. The summed E-state index contributed by atoms with van der Waals surface area (Å²) >= 11 is 0. The minimum absolute atomic E-state index is 0.198. The Morgan fingerprint density at radius 3 is 2.67 bits per heavy atom. The Labute approximate surface area is 127 Å². The fraction of sp³-hybridized carbons (Fsp3) is 0.706. The maximum Gasteiger partial charge on any atom is 0.255 e. The highest BCUT2D eigenvalue weighted by Gasteiger charge is 2.20. The van der Waals surface area contributed by atoms with Crippen molar-refractivity contribution in [1.29, 1.82) is 0 Å². The number of pyridine rings is 1. The van der Waals surface area contributed by atoms with Gasteiger partial charge in [-0.25, -0.2) is 0 Å². The Bertz CT molecular complexity index is 516. The Morgan fingerprint density at radius 2 is 2.00 bits per heavy atom. The standard InChI is InChI=1S/C17H28N2O2/c1-13-11-14(2)19(15-7-5-4-6-8-15)17(20)16(13)12-18-9-10-21-3/h11,15,18H,4-10,12H2,1-3H3. The van der Waals surface area contributed by atoms with Gasteiger partial charge in [-0.2, -0.15) is 0 Å². The molecule has 4 heteroatoms. The Balaban J connectivity index is 2.22. The first-order valence-corrected chi connectivity index (χ1v) is 8.06. The fourth-order valence-electron chi connectivity index (χ4n) is 3.34. The lowest BCUT2D eigenvalue weighted by Gasteiger charge is -2.27. The highest BCUT2D eigenvalue weighted by Crippen LogP contribution is 2.28. The lowest BCUT2D eigenvalue weighted by molar-refractivity contribution is 0.199. The van der Waals surface area contributed by atoms with E-state index < -0.39 is 0 Å². The first-order valence-electron chi connectivity index (χ1n) is 8.06. The van der Waals surface area contributed by atoms with Crippen molar-refractivity contribution in [2.45, 2.75) is 58.5 Å². The van der Waals surface area contributed by atoms with Crippen molar-refractivity contribution in [2.24, 2.45) is 0 Å². The number of hydrogen-bond acceptors (Lipinski definition) is 3. The zero-order chi connectivity index (χ0) is 15.2. The van der Waals surface area contributed by atoms with E-state index in [9.17, 15) is 4.79 Å². The molecule has 1 heterocycles. The summed E-state index contributed by atoms with van der Waals surface area (Å²) in [5.41, 5.74) is 3.30. The van der Waals surface area contributed by atoms with E-state index in [1.165, 1.54) is 19.3 Å². The van der Waals surface area contributed by atoms with E-state index in [-0.39, 0.29) is 5.56 Å². The average Bonchev–Trinajstić information content (AvgIpc) is 2.47. The van der Waals surface area contributed by atoms with Crippen LogP contribution in [0.4, 0.5) is 0 Å². The number of hydrogen-bond donors (Lipinski definition) is 1. The van der Waals surface area contributed by atoms with Crippen LogP contribution in [0, 0.1) is 13.8 Å². The van der Waals surface area contributed by atoms with E-state index in [0.29, 0.717) is 19.2 Å². The van der Waals surface area contributed by atoms with Crippen LogP contribution in [0.5, 0.6) is 0 Å². The Hall–Kier alpha value is -1.13. The van der Waals surface area contributed by atoms with Crippen molar-refractivity contribution in [3.05, 3.63) is 33.2 Å². The van der Waals surface area contributed by atoms with Crippen LogP contribution >= 0.6 is 0 Å². The number of nitrogens with one attached hydrogen (secondary N) is 1. The molecule has 0 bridgehead atoms. The van der Waals surface area contributed by atoms with Gasteiger partial charge in [-0.05, 0) is 38.3 Å². The highest BCUT2D eigenvalue weighted by atomic mass is 16.5. The number of ether oxygens (including phenoxy) is 1. The number of aromatic nitrogens is 1. The molecular formula is C17H28N2O2. The van der Waals surface area contributed by atoms with Crippen LogP contribution in [0.1, 0.15) is 55.0 Å². The fourth-order valence-corrected chi connectivity index (χ4v) is 3.34. The average molecular weight is 292 g/mol. The van der Waals surface area contributed by atoms with Crippen LogP contribution in [0.25, 0.3) is 0 Å². The summed E-state index contributed by atoms with van der Waals surface area (Å²) in [4.78, 5) is 12.9. The third-order valence-corrected chi connectivity index (χ3v) is 4.48. The van der Waals surface area contributed by atoms with Crippen LogP contribution in [-0.2, 0) is 11.3 Å². The molecule has 1 aromatic rings. The minimum Gasteiger partial charge on any atom is -0.383 e. The summed E-state index contributed by atoms with van der Waals surface area (Å²) < 4.78 is 7.07. The zero-order valence-corrected chi connectivity index (χ0v) is 13.6. The summed E-state index contributed by atoms with van der Waals surface area (Å²) in [6.45, 7) is 6.16. The molecule has 0 aromatic carbocycles. The first-order chi connectivity index (χ1) is 10.1. The minimum atomic E-state index is 0.198. The molecular weight excluding hydrogens is 264 g/mol. The molecule has 1 saturated carbocycles. The topological polar surface area (TPSA) is 43.3 Å². The van der Waals surface area contributed by atoms with Gasteiger partial charge in [-0.15, -0.1) is 0 Å². The van der Waals surface area contributed by atoms with Gasteiger partial charge in [0.15, 0.2) is 0 Å².